The first-order valence-electron chi connectivity index (χ1n) is 6.31. The first-order valence-corrected chi connectivity index (χ1v) is 6.31. The van der Waals surface area contributed by atoms with E-state index >= 15 is 0 Å². The van der Waals surface area contributed by atoms with E-state index in [1.807, 2.05) is 18.9 Å². The van der Waals surface area contributed by atoms with Crippen molar-refractivity contribution >= 4 is 6.34 Å². The second-order valence-electron chi connectivity index (χ2n) is 4.73. The van der Waals surface area contributed by atoms with Crippen LogP contribution in [0.3, 0.4) is 0 Å². The summed E-state index contributed by atoms with van der Waals surface area (Å²) in [6.07, 6.45) is 5.68. The maximum atomic E-state index is 10.9. The maximum absolute atomic E-state index is 10.9. The Morgan fingerprint density at radius 1 is 1.41 bits per heavy atom. The third-order valence-corrected chi connectivity index (χ3v) is 2.92. The summed E-state index contributed by atoms with van der Waals surface area (Å²) < 4.78 is 0. The lowest BCUT2D eigenvalue weighted by atomic mass is 10.1. The maximum Gasteiger partial charge on any atom is 0.185 e. The van der Waals surface area contributed by atoms with Gasteiger partial charge in [0.15, 0.2) is 17.5 Å². The lowest BCUT2D eigenvalue weighted by Gasteiger charge is -2.27. The molecule has 98 valence electrons. The number of nitro groups is 1. The van der Waals surface area contributed by atoms with Crippen LogP contribution in [0.25, 0.3) is 0 Å². The van der Waals surface area contributed by atoms with Crippen LogP contribution in [-0.2, 0) is 0 Å². The molecule has 0 saturated carbocycles. The number of nitrogens with zero attached hydrogens (tertiary/aromatic N) is 4. The fourth-order valence-corrected chi connectivity index (χ4v) is 2.07. The first-order chi connectivity index (χ1) is 8.07. The van der Waals surface area contributed by atoms with E-state index in [1.165, 1.54) is 19.2 Å². The van der Waals surface area contributed by atoms with Crippen LogP contribution in [0, 0.1) is 16.0 Å². The number of unbranched alkanes of at least 4 members (excludes halogenated alkanes) is 3. The van der Waals surface area contributed by atoms with Crippen molar-refractivity contribution in [3.05, 3.63) is 10.1 Å². The van der Waals surface area contributed by atoms with Gasteiger partial charge in [0, 0.05) is 6.54 Å². The van der Waals surface area contributed by atoms with Crippen LogP contribution in [0.1, 0.15) is 46.5 Å². The van der Waals surface area contributed by atoms with Gasteiger partial charge in [0.05, 0.1) is 0 Å². The molecule has 0 radical (unpaired) electrons. The zero-order valence-electron chi connectivity index (χ0n) is 10.9. The molecule has 0 spiro atoms. The normalized spacial score (nSPS) is 19.4. The summed E-state index contributed by atoms with van der Waals surface area (Å²) in [6.45, 7) is 6.92. The van der Waals surface area contributed by atoms with E-state index in [9.17, 15) is 10.1 Å². The molecule has 0 aromatic rings. The molecular weight excluding hydrogens is 220 g/mol. The average molecular weight is 242 g/mol. The van der Waals surface area contributed by atoms with Crippen LogP contribution in [0.2, 0.25) is 0 Å². The molecule has 1 aliphatic rings. The topological polar surface area (TPSA) is 62.0 Å². The molecule has 1 heterocycles. The lowest BCUT2D eigenvalue weighted by molar-refractivity contribution is -0.640. The van der Waals surface area contributed by atoms with Crippen LogP contribution in [0.15, 0.2) is 5.10 Å². The minimum Gasteiger partial charge on any atom is -0.266 e. The second kappa shape index (κ2) is 6.42. The molecule has 1 rings (SSSR count). The highest BCUT2D eigenvalue weighted by Crippen LogP contribution is 2.20. The van der Waals surface area contributed by atoms with Crippen molar-refractivity contribution in [2.24, 2.45) is 11.0 Å². The molecule has 0 fully saturated rings. The van der Waals surface area contributed by atoms with Gasteiger partial charge in [-0.05, 0) is 12.3 Å². The van der Waals surface area contributed by atoms with E-state index in [0.29, 0.717) is 0 Å². The molecule has 0 bridgehead atoms. The quantitative estimate of drug-likeness (QED) is 0.390. The van der Waals surface area contributed by atoms with Gasteiger partial charge in [-0.15, -0.1) is 0 Å². The van der Waals surface area contributed by atoms with Crippen molar-refractivity contribution in [2.45, 2.75) is 52.6 Å². The van der Waals surface area contributed by atoms with Gasteiger partial charge in [-0.1, -0.05) is 45.0 Å². The molecule has 1 unspecified atom stereocenters. The summed E-state index contributed by atoms with van der Waals surface area (Å²) in [6, 6.07) is 0. The fourth-order valence-electron chi connectivity index (χ4n) is 2.07. The Balaban J connectivity index is 2.49. The molecular formula is C11H22N4O2. The summed E-state index contributed by atoms with van der Waals surface area (Å²) >= 11 is 0. The summed E-state index contributed by atoms with van der Waals surface area (Å²) in [5.41, 5.74) is 0. The summed E-state index contributed by atoms with van der Waals surface area (Å²) in [7, 11) is 0. The van der Waals surface area contributed by atoms with Crippen LogP contribution < -0.4 is 0 Å². The predicted molar refractivity (Wildman–Crippen MR) is 66.8 cm³/mol. The molecule has 17 heavy (non-hydrogen) atoms. The van der Waals surface area contributed by atoms with E-state index in [-0.39, 0.29) is 17.1 Å². The highest BCUT2D eigenvalue weighted by atomic mass is 16.7. The van der Waals surface area contributed by atoms with Crippen molar-refractivity contribution in [1.29, 1.82) is 0 Å². The van der Waals surface area contributed by atoms with Gasteiger partial charge in [-0.2, -0.15) is 5.10 Å². The number of hydrogen-bond acceptors (Lipinski definition) is 4. The lowest BCUT2D eigenvalue weighted by Crippen LogP contribution is -2.46. The molecule has 0 N–H and O–H groups in total. The van der Waals surface area contributed by atoms with E-state index < -0.39 is 0 Å². The van der Waals surface area contributed by atoms with Crippen molar-refractivity contribution in [1.82, 2.24) is 10.0 Å². The summed E-state index contributed by atoms with van der Waals surface area (Å²) in [5, 5.41) is 17.5. The minimum atomic E-state index is -0.389. The highest BCUT2D eigenvalue weighted by molar-refractivity contribution is 5.55. The molecule has 1 aliphatic heterocycles. The molecule has 1 atom stereocenters. The van der Waals surface area contributed by atoms with E-state index in [1.54, 1.807) is 0 Å². The number of hydrazone groups is 1. The van der Waals surface area contributed by atoms with Gasteiger partial charge in [-0.25, -0.2) is 10.1 Å². The van der Waals surface area contributed by atoms with Crippen LogP contribution in [0.5, 0.6) is 0 Å². The van der Waals surface area contributed by atoms with Gasteiger partial charge in [0.2, 0.25) is 0 Å². The molecule has 6 heteroatoms. The SMILES string of the molecule is CCCCCCN1N=CN([N+](=O)[O-])C1C(C)C. The van der Waals surface area contributed by atoms with Gasteiger partial charge in [-0.3, -0.25) is 5.01 Å². The van der Waals surface area contributed by atoms with Crippen LogP contribution >= 0.6 is 0 Å². The highest BCUT2D eigenvalue weighted by Gasteiger charge is 2.37. The summed E-state index contributed by atoms with van der Waals surface area (Å²) in [4.78, 5) is 10.9. The van der Waals surface area contributed by atoms with Crippen molar-refractivity contribution in [2.75, 3.05) is 6.54 Å². The molecule has 0 aromatic carbocycles. The van der Waals surface area contributed by atoms with Crippen LogP contribution in [0.4, 0.5) is 0 Å². The molecule has 0 aromatic heterocycles. The molecule has 6 nitrogen and oxygen atoms in total. The summed E-state index contributed by atoms with van der Waals surface area (Å²) in [5.74, 6) is 0.175. The number of hydrogen-bond donors (Lipinski definition) is 0. The van der Waals surface area contributed by atoms with Crippen LogP contribution in [-0.4, -0.2) is 34.1 Å². The van der Waals surface area contributed by atoms with E-state index in [4.69, 9.17) is 0 Å². The molecule has 0 aliphatic carbocycles. The number of rotatable bonds is 7. The smallest absolute Gasteiger partial charge is 0.185 e. The van der Waals surface area contributed by atoms with E-state index in [2.05, 4.69) is 12.0 Å². The van der Waals surface area contributed by atoms with Crippen molar-refractivity contribution in [3.63, 3.8) is 0 Å². The van der Waals surface area contributed by atoms with Gasteiger partial charge in [0.25, 0.3) is 0 Å². The standard InChI is InChI=1S/C11H22N4O2/c1-4-5-6-7-8-13-11(10(2)3)14(9-12-13)15(16)17/h9-11H,4-8H2,1-3H3. The van der Waals surface area contributed by atoms with E-state index in [0.717, 1.165) is 24.4 Å². The van der Waals surface area contributed by atoms with Gasteiger partial charge in [0.1, 0.15) is 0 Å². The Morgan fingerprint density at radius 2 is 2.12 bits per heavy atom. The predicted octanol–water partition coefficient (Wildman–Crippen LogP) is 2.30. The van der Waals surface area contributed by atoms with Crippen molar-refractivity contribution in [3.8, 4) is 0 Å². The Labute approximate surface area is 102 Å². The minimum absolute atomic E-state index is 0.175. The third kappa shape index (κ3) is 3.57. The molecule has 0 amide bonds. The zero-order chi connectivity index (χ0) is 12.8. The molecule has 0 saturated heterocycles. The Bertz CT molecular complexity index is 281. The number of hydrazine groups is 1. The Hall–Kier alpha value is -1.33. The Kier molecular flexibility index (Phi) is 5.18. The second-order valence-corrected chi connectivity index (χ2v) is 4.73. The average Bonchev–Trinajstić information content (AvgIpc) is 2.68. The third-order valence-electron chi connectivity index (χ3n) is 2.92. The van der Waals surface area contributed by atoms with Gasteiger partial charge >= 0.3 is 0 Å². The monoisotopic (exact) mass is 242 g/mol. The largest absolute Gasteiger partial charge is 0.266 e. The first kappa shape index (κ1) is 13.7. The van der Waals surface area contributed by atoms with Gasteiger partial charge < -0.3 is 0 Å². The fraction of sp³-hybridized carbons (Fsp3) is 0.909. The Morgan fingerprint density at radius 3 is 2.65 bits per heavy atom. The zero-order valence-corrected chi connectivity index (χ0v) is 10.9. The van der Waals surface area contributed by atoms with Crippen molar-refractivity contribution < 1.29 is 5.03 Å².